The number of nitrogens with two attached hydrogens (primary N) is 1. The molecular weight excluding hydrogens is 274 g/mol. The van der Waals surface area contributed by atoms with Gasteiger partial charge in [-0.05, 0) is 31.4 Å². The zero-order valence-electron chi connectivity index (χ0n) is 12.9. The maximum absolute atomic E-state index is 5.86. The molecule has 2 atom stereocenters. The highest BCUT2D eigenvalue weighted by Crippen LogP contribution is 2.24. The van der Waals surface area contributed by atoms with E-state index < -0.39 is 0 Å². The Bertz CT molecular complexity index is 601. The second-order valence-corrected chi connectivity index (χ2v) is 5.74. The molecule has 0 bridgehead atoms. The Morgan fingerprint density at radius 1 is 1.32 bits per heavy atom. The minimum Gasteiger partial charge on any atom is -0.352 e. The molecule has 22 heavy (non-hydrogen) atoms. The summed E-state index contributed by atoms with van der Waals surface area (Å²) in [6, 6.07) is 12.8. The smallest absolute Gasteiger partial charge is 0.225 e. The van der Waals surface area contributed by atoms with Crippen LogP contribution in [0.4, 0.5) is 11.8 Å². The Morgan fingerprint density at radius 3 is 2.91 bits per heavy atom. The average molecular weight is 297 g/mol. The molecule has 0 saturated carbocycles. The van der Waals surface area contributed by atoms with Gasteiger partial charge in [0.2, 0.25) is 5.95 Å². The van der Waals surface area contributed by atoms with Gasteiger partial charge in [-0.2, -0.15) is 4.98 Å². The van der Waals surface area contributed by atoms with E-state index in [0.29, 0.717) is 18.5 Å². The standard InChI is InChI=1S/C17H23N5/c1-13(14-6-3-2-4-7-14)20-17-19-10-9-16(21-17)22-11-5-8-15(22)12-18/h2-4,6-7,9-10,13,15H,5,8,11-12,18H2,1H3,(H,19,20,21)/t13-,15-/m0/s1. The number of hydrogen-bond donors (Lipinski definition) is 2. The molecule has 1 fully saturated rings. The molecule has 3 N–H and O–H groups in total. The van der Waals surface area contributed by atoms with Crippen LogP contribution in [0.1, 0.15) is 31.4 Å². The lowest BCUT2D eigenvalue weighted by atomic mass is 10.1. The van der Waals surface area contributed by atoms with Gasteiger partial charge in [0.15, 0.2) is 0 Å². The second kappa shape index (κ2) is 6.75. The molecule has 2 heterocycles. The van der Waals surface area contributed by atoms with Crippen LogP contribution in [0.25, 0.3) is 0 Å². The van der Waals surface area contributed by atoms with Crippen LogP contribution in [-0.2, 0) is 0 Å². The Morgan fingerprint density at radius 2 is 2.14 bits per heavy atom. The van der Waals surface area contributed by atoms with Gasteiger partial charge in [-0.3, -0.25) is 0 Å². The summed E-state index contributed by atoms with van der Waals surface area (Å²) in [6.07, 6.45) is 4.13. The normalized spacial score (nSPS) is 19.2. The van der Waals surface area contributed by atoms with Gasteiger partial charge >= 0.3 is 0 Å². The zero-order chi connectivity index (χ0) is 15.4. The molecule has 116 valence electrons. The van der Waals surface area contributed by atoms with Gasteiger partial charge in [0, 0.05) is 25.3 Å². The molecule has 0 aliphatic carbocycles. The average Bonchev–Trinajstić information content (AvgIpc) is 3.04. The predicted octanol–water partition coefficient (Wildman–Crippen LogP) is 2.58. The topological polar surface area (TPSA) is 67.1 Å². The third-order valence-corrected chi connectivity index (χ3v) is 4.23. The van der Waals surface area contributed by atoms with Crippen LogP contribution in [-0.4, -0.2) is 29.1 Å². The highest BCUT2D eigenvalue weighted by Gasteiger charge is 2.24. The van der Waals surface area contributed by atoms with Crippen molar-refractivity contribution in [3.63, 3.8) is 0 Å². The van der Waals surface area contributed by atoms with Crippen molar-refractivity contribution in [2.45, 2.75) is 31.8 Å². The van der Waals surface area contributed by atoms with Crippen LogP contribution >= 0.6 is 0 Å². The van der Waals surface area contributed by atoms with Crippen LogP contribution < -0.4 is 16.0 Å². The van der Waals surface area contributed by atoms with Gasteiger partial charge in [0.25, 0.3) is 0 Å². The predicted molar refractivity (Wildman–Crippen MR) is 89.9 cm³/mol. The number of hydrogen-bond acceptors (Lipinski definition) is 5. The minimum absolute atomic E-state index is 0.167. The zero-order valence-corrected chi connectivity index (χ0v) is 12.9. The van der Waals surface area contributed by atoms with E-state index in [1.165, 1.54) is 12.0 Å². The van der Waals surface area contributed by atoms with Crippen LogP contribution in [0, 0.1) is 0 Å². The fourth-order valence-electron chi connectivity index (χ4n) is 2.98. The Kier molecular flexibility index (Phi) is 4.53. The summed E-state index contributed by atoms with van der Waals surface area (Å²) in [5.74, 6) is 1.63. The first-order valence-corrected chi connectivity index (χ1v) is 7.89. The maximum atomic E-state index is 5.86. The number of anilines is 2. The number of nitrogens with one attached hydrogen (secondary N) is 1. The molecule has 5 nitrogen and oxygen atoms in total. The van der Waals surface area contributed by atoms with E-state index in [0.717, 1.165) is 18.8 Å². The SMILES string of the molecule is C[C@H](Nc1nccc(N2CCC[C@H]2CN)n1)c1ccccc1. The number of nitrogens with zero attached hydrogens (tertiary/aromatic N) is 3. The number of rotatable bonds is 5. The summed E-state index contributed by atoms with van der Waals surface area (Å²) >= 11 is 0. The highest BCUT2D eigenvalue weighted by atomic mass is 15.3. The van der Waals surface area contributed by atoms with E-state index in [1.807, 2.05) is 30.5 Å². The minimum atomic E-state index is 0.167. The van der Waals surface area contributed by atoms with Crippen molar-refractivity contribution in [1.29, 1.82) is 0 Å². The molecule has 0 radical (unpaired) electrons. The largest absolute Gasteiger partial charge is 0.352 e. The van der Waals surface area contributed by atoms with Gasteiger partial charge in [-0.25, -0.2) is 4.98 Å². The molecule has 1 saturated heterocycles. The van der Waals surface area contributed by atoms with Crippen LogP contribution in [0.2, 0.25) is 0 Å². The highest BCUT2D eigenvalue weighted by molar-refractivity contribution is 5.45. The van der Waals surface area contributed by atoms with Crippen LogP contribution in [0.3, 0.4) is 0 Å². The molecule has 1 aromatic carbocycles. The number of aromatic nitrogens is 2. The van der Waals surface area contributed by atoms with Gasteiger partial charge in [0.05, 0.1) is 6.04 Å². The third kappa shape index (κ3) is 3.20. The molecule has 1 aliphatic heterocycles. The lowest BCUT2D eigenvalue weighted by molar-refractivity contribution is 0.670. The van der Waals surface area contributed by atoms with Gasteiger partial charge in [-0.1, -0.05) is 30.3 Å². The quantitative estimate of drug-likeness (QED) is 0.888. The third-order valence-electron chi connectivity index (χ3n) is 4.23. The maximum Gasteiger partial charge on any atom is 0.225 e. The summed E-state index contributed by atoms with van der Waals surface area (Å²) in [6.45, 7) is 3.81. The van der Waals surface area contributed by atoms with E-state index in [9.17, 15) is 0 Å². The van der Waals surface area contributed by atoms with Crippen molar-refractivity contribution in [2.24, 2.45) is 5.73 Å². The Labute approximate surface area is 131 Å². The van der Waals surface area contributed by atoms with Crippen molar-refractivity contribution < 1.29 is 0 Å². The van der Waals surface area contributed by atoms with Crippen LogP contribution in [0.15, 0.2) is 42.6 Å². The first kappa shape index (κ1) is 14.8. The van der Waals surface area contributed by atoms with Gasteiger partial charge < -0.3 is 16.0 Å². The van der Waals surface area contributed by atoms with Crippen molar-refractivity contribution in [3.8, 4) is 0 Å². The van der Waals surface area contributed by atoms with E-state index in [2.05, 4.69) is 39.2 Å². The van der Waals surface area contributed by atoms with Crippen LogP contribution in [0.5, 0.6) is 0 Å². The molecule has 1 aromatic heterocycles. The molecule has 2 aromatic rings. The lowest BCUT2D eigenvalue weighted by Gasteiger charge is -2.25. The number of benzene rings is 1. The lowest BCUT2D eigenvalue weighted by Crippen LogP contribution is -2.36. The summed E-state index contributed by atoms with van der Waals surface area (Å²) in [4.78, 5) is 11.3. The van der Waals surface area contributed by atoms with Crippen molar-refractivity contribution in [2.75, 3.05) is 23.3 Å². The monoisotopic (exact) mass is 297 g/mol. The van der Waals surface area contributed by atoms with Crippen molar-refractivity contribution in [3.05, 3.63) is 48.2 Å². The first-order valence-electron chi connectivity index (χ1n) is 7.89. The molecule has 0 spiro atoms. The molecule has 0 unspecified atom stereocenters. The Balaban J connectivity index is 1.74. The summed E-state index contributed by atoms with van der Waals surface area (Å²) in [5, 5.41) is 3.37. The van der Waals surface area contributed by atoms with E-state index in [1.54, 1.807) is 0 Å². The molecule has 5 heteroatoms. The van der Waals surface area contributed by atoms with Crippen molar-refractivity contribution in [1.82, 2.24) is 9.97 Å². The molecule has 0 amide bonds. The van der Waals surface area contributed by atoms with Gasteiger partial charge in [0.1, 0.15) is 5.82 Å². The van der Waals surface area contributed by atoms with E-state index in [4.69, 9.17) is 5.73 Å². The van der Waals surface area contributed by atoms with Crippen molar-refractivity contribution >= 4 is 11.8 Å². The fraction of sp³-hybridized carbons (Fsp3) is 0.412. The first-order chi connectivity index (χ1) is 10.8. The fourth-order valence-corrected chi connectivity index (χ4v) is 2.98. The second-order valence-electron chi connectivity index (χ2n) is 5.74. The van der Waals surface area contributed by atoms with Gasteiger partial charge in [-0.15, -0.1) is 0 Å². The molecular formula is C17H23N5. The molecule has 3 rings (SSSR count). The van der Waals surface area contributed by atoms with E-state index >= 15 is 0 Å². The summed E-state index contributed by atoms with van der Waals surface area (Å²) in [5.41, 5.74) is 7.08. The molecule has 1 aliphatic rings. The van der Waals surface area contributed by atoms with E-state index in [-0.39, 0.29) is 6.04 Å². The summed E-state index contributed by atoms with van der Waals surface area (Å²) in [7, 11) is 0. The Hall–Kier alpha value is -2.14. The summed E-state index contributed by atoms with van der Waals surface area (Å²) < 4.78 is 0.